The molecule has 4 rings (SSSR count). The predicted octanol–water partition coefficient (Wildman–Crippen LogP) is 2.72. The highest BCUT2D eigenvalue weighted by Crippen LogP contribution is 2.27. The summed E-state index contributed by atoms with van der Waals surface area (Å²) in [4.78, 5) is 1.95. The molecule has 2 aliphatic heterocycles. The van der Waals surface area contributed by atoms with E-state index in [1.807, 2.05) is 4.90 Å². The second-order valence-corrected chi connectivity index (χ2v) is 8.52. The Hall–Kier alpha value is -1.13. The summed E-state index contributed by atoms with van der Waals surface area (Å²) in [6, 6.07) is 9.63. The Morgan fingerprint density at radius 2 is 1.75 bits per heavy atom. The number of anilines is 1. The number of aryl methyl sites for hydroxylation is 1. The van der Waals surface area contributed by atoms with Crippen molar-refractivity contribution in [1.29, 1.82) is 0 Å². The maximum atomic E-state index is 5.62. The maximum Gasteiger partial charge on any atom is 0.171 e. The molecule has 2 heterocycles. The van der Waals surface area contributed by atoms with E-state index in [-0.39, 0.29) is 0 Å². The van der Waals surface area contributed by atoms with E-state index in [4.69, 9.17) is 12.2 Å². The van der Waals surface area contributed by atoms with Gasteiger partial charge in [-0.3, -0.25) is 0 Å². The minimum atomic E-state index is 0.549. The van der Waals surface area contributed by atoms with E-state index in [1.54, 1.807) is 0 Å². The summed E-state index contributed by atoms with van der Waals surface area (Å²) in [6.45, 7) is 4.30. The van der Waals surface area contributed by atoms with Crippen molar-refractivity contribution in [2.75, 3.05) is 5.32 Å². The number of quaternary nitrogens is 1. The standard InChI is InChI=1S/C20H29N3S/c1-13-5-3-8-19(14(13)2)22-20(24)21-15-11-17-6-4-7-18(12-15)23(17)16-9-10-16/h3,5,8,15-18H,4,6-7,9-12H2,1-2H3,(H2,21,22,24)/p+1/t15?,17-,18+. The third kappa shape index (κ3) is 3.31. The Kier molecular flexibility index (Phi) is 4.52. The number of thiocarbonyl (C=S) groups is 1. The van der Waals surface area contributed by atoms with E-state index in [0.717, 1.165) is 28.9 Å². The highest BCUT2D eigenvalue weighted by Gasteiger charge is 2.48. The molecule has 4 heteroatoms. The molecule has 3 nitrogen and oxygen atoms in total. The minimum absolute atomic E-state index is 0.549. The second kappa shape index (κ2) is 6.64. The number of hydrogen-bond donors (Lipinski definition) is 3. The lowest BCUT2D eigenvalue weighted by atomic mass is 9.81. The first-order valence-electron chi connectivity index (χ1n) is 9.62. The molecule has 1 aromatic carbocycles. The van der Waals surface area contributed by atoms with E-state index in [1.165, 1.54) is 56.1 Å². The lowest BCUT2D eigenvalue weighted by Crippen LogP contribution is -3.22. The van der Waals surface area contributed by atoms with Crippen molar-refractivity contribution in [1.82, 2.24) is 5.32 Å². The van der Waals surface area contributed by atoms with Crippen molar-refractivity contribution in [3.05, 3.63) is 29.3 Å². The number of benzene rings is 1. The number of piperidine rings is 2. The fourth-order valence-electron chi connectivity index (χ4n) is 5.00. The summed E-state index contributed by atoms with van der Waals surface area (Å²) in [5.74, 6) is 0. The van der Waals surface area contributed by atoms with Crippen molar-refractivity contribution in [3.8, 4) is 0 Å². The first-order chi connectivity index (χ1) is 11.6. The normalized spacial score (nSPS) is 32.2. The highest BCUT2D eigenvalue weighted by atomic mass is 32.1. The van der Waals surface area contributed by atoms with Gasteiger partial charge in [-0.1, -0.05) is 12.1 Å². The molecular formula is C20H30N3S+. The third-order valence-electron chi connectivity index (χ3n) is 6.42. The van der Waals surface area contributed by atoms with Gasteiger partial charge >= 0.3 is 0 Å². The smallest absolute Gasteiger partial charge is 0.171 e. The summed E-state index contributed by atoms with van der Waals surface area (Å²) < 4.78 is 0. The molecular weight excluding hydrogens is 314 g/mol. The van der Waals surface area contributed by atoms with Crippen LogP contribution in [-0.4, -0.2) is 29.3 Å². The number of nitrogens with one attached hydrogen (secondary N) is 3. The van der Waals surface area contributed by atoms with Crippen LogP contribution in [0.2, 0.25) is 0 Å². The van der Waals surface area contributed by atoms with Crippen LogP contribution >= 0.6 is 12.2 Å². The zero-order valence-corrected chi connectivity index (χ0v) is 15.7. The molecule has 1 aromatic rings. The van der Waals surface area contributed by atoms with E-state index in [9.17, 15) is 0 Å². The highest BCUT2D eigenvalue weighted by molar-refractivity contribution is 7.80. The molecule has 130 valence electrons. The molecule has 2 unspecified atom stereocenters. The molecule has 1 aliphatic carbocycles. The fourth-order valence-corrected chi connectivity index (χ4v) is 5.28. The van der Waals surface area contributed by atoms with Gasteiger partial charge in [0.2, 0.25) is 0 Å². The van der Waals surface area contributed by atoms with Crippen LogP contribution in [0.4, 0.5) is 5.69 Å². The van der Waals surface area contributed by atoms with Crippen molar-refractivity contribution < 1.29 is 4.90 Å². The van der Waals surface area contributed by atoms with Gasteiger partial charge in [-0.15, -0.1) is 0 Å². The monoisotopic (exact) mass is 344 g/mol. The van der Waals surface area contributed by atoms with Gasteiger partial charge < -0.3 is 15.5 Å². The predicted molar refractivity (Wildman–Crippen MR) is 104 cm³/mol. The summed E-state index contributed by atoms with van der Waals surface area (Å²) in [5.41, 5.74) is 3.72. The van der Waals surface area contributed by atoms with Gasteiger partial charge in [0.05, 0.1) is 18.1 Å². The molecule has 2 bridgehead atoms. The van der Waals surface area contributed by atoms with Crippen LogP contribution in [0.5, 0.6) is 0 Å². The van der Waals surface area contributed by atoms with Crippen LogP contribution in [0.3, 0.4) is 0 Å². The quantitative estimate of drug-likeness (QED) is 0.737. The SMILES string of the molecule is Cc1cccc(NC(=S)NC2C[C@H]3CCC[C@@H](C2)[NH+]3C2CC2)c1C. The Morgan fingerprint density at radius 3 is 2.42 bits per heavy atom. The Labute approximate surface area is 151 Å². The van der Waals surface area contributed by atoms with Crippen LogP contribution in [0, 0.1) is 13.8 Å². The van der Waals surface area contributed by atoms with Crippen LogP contribution < -0.4 is 15.5 Å². The summed E-state index contributed by atoms with van der Waals surface area (Å²) in [7, 11) is 0. The average molecular weight is 345 g/mol. The molecule has 0 radical (unpaired) electrons. The van der Waals surface area contributed by atoms with E-state index in [2.05, 4.69) is 42.7 Å². The molecule has 3 aliphatic rings. The molecule has 0 spiro atoms. The van der Waals surface area contributed by atoms with Crippen LogP contribution in [0.25, 0.3) is 0 Å². The van der Waals surface area contributed by atoms with Gasteiger partial charge in [0.1, 0.15) is 0 Å². The zero-order valence-electron chi connectivity index (χ0n) is 14.9. The molecule has 1 saturated carbocycles. The summed E-state index contributed by atoms with van der Waals surface area (Å²) in [5, 5.41) is 7.85. The summed E-state index contributed by atoms with van der Waals surface area (Å²) >= 11 is 5.62. The molecule has 24 heavy (non-hydrogen) atoms. The second-order valence-electron chi connectivity index (χ2n) is 8.11. The number of rotatable bonds is 3. The first kappa shape index (κ1) is 16.3. The molecule has 2 saturated heterocycles. The zero-order chi connectivity index (χ0) is 16.7. The van der Waals surface area contributed by atoms with Crippen LogP contribution in [-0.2, 0) is 0 Å². The van der Waals surface area contributed by atoms with Gasteiger partial charge in [0.25, 0.3) is 0 Å². The molecule has 3 N–H and O–H groups in total. The van der Waals surface area contributed by atoms with Crippen LogP contribution in [0.15, 0.2) is 18.2 Å². The third-order valence-corrected chi connectivity index (χ3v) is 6.64. The van der Waals surface area contributed by atoms with E-state index in [0.29, 0.717) is 6.04 Å². The fraction of sp³-hybridized carbons (Fsp3) is 0.650. The Bertz CT molecular complexity index is 611. The van der Waals surface area contributed by atoms with Crippen molar-refractivity contribution in [2.24, 2.45) is 0 Å². The molecule has 3 fully saturated rings. The molecule has 0 amide bonds. The van der Waals surface area contributed by atoms with Crippen molar-refractivity contribution in [3.63, 3.8) is 0 Å². The minimum Gasteiger partial charge on any atom is -0.359 e. The largest absolute Gasteiger partial charge is 0.359 e. The van der Waals surface area contributed by atoms with E-state index < -0.39 is 0 Å². The first-order valence-corrected chi connectivity index (χ1v) is 10.0. The van der Waals surface area contributed by atoms with Gasteiger partial charge in [-0.05, 0) is 62.5 Å². The number of hydrogen-bond acceptors (Lipinski definition) is 1. The number of fused-ring (bicyclic) bond motifs is 2. The Balaban J connectivity index is 1.37. The maximum absolute atomic E-state index is 5.62. The molecule has 4 atom stereocenters. The van der Waals surface area contributed by atoms with Crippen LogP contribution in [0.1, 0.15) is 56.1 Å². The van der Waals surface area contributed by atoms with Gasteiger partial charge in [-0.25, -0.2) is 0 Å². The van der Waals surface area contributed by atoms with Crippen molar-refractivity contribution in [2.45, 2.75) is 83.0 Å². The van der Waals surface area contributed by atoms with Gasteiger partial charge in [0, 0.05) is 37.4 Å². The topological polar surface area (TPSA) is 28.5 Å². The van der Waals surface area contributed by atoms with Gasteiger partial charge in [0.15, 0.2) is 5.11 Å². The van der Waals surface area contributed by atoms with E-state index >= 15 is 0 Å². The van der Waals surface area contributed by atoms with Crippen molar-refractivity contribution >= 4 is 23.0 Å². The lowest BCUT2D eigenvalue weighted by molar-refractivity contribution is -0.971. The molecule has 0 aromatic heterocycles. The summed E-state index contributed by atoms with van der Waals surface area (Å²) in [6.07, 6.45) is 9.77. The average Bonchev–Trinajstić information content (AvgIpc) is 3.35. The van der Waals surface area contributed by atoms with Gasteiger partial charge in [-0.2, -0.15) is 0 Å². The Morgan fingerprint density at radius 1 is 1.04 bits per heavy atom. The lowest BCUT2D eigenvalue weighted by Gasteiger charge is -2.46.